The molecule has 5 nitrogen and oxygen atoms in total. The predicted molar refractivity (Wildman–Crippen MR) is 98.3 cm³/mol. The minimum absolute atomic E-state index is 0.195. The van der Waals surface area contributed by atoms with Crippen LogP contribution in [-0.4, -0.2) is 15.5 Å². The number of aryl methyl sites for hydroxylation is 1. The zero-order chi connectivity index (χ0) is 17.6. The van der Waals surface area contributed by atoms with Crippen LogP contribution < -0.4 is 5.32 Å². The maximum absolute atomic E-state index is 12.4. The van der Waals surface area contributed by atoms with Gasteiger partial charge < -0.3 is 9.88 Å². The van der Waals surface area contributed by atoms with Crippen molar-refractivity contribution in [3.8, 4) is 6.07 Å². The van der Waals surface area contributed by atoms with E-state index in [2.05, 4.69) is 16.4 Å². The van der Waals surface area contributed by atoms with Crippen molar-refractivity contribution in [1.82, 2.24) is 9.55 Å². The molecule has 0 aliphatic rings. The van der Waals surface area contributed by atoms with Crippen molar-refractivity contribution < 1.29 is 4.79 Å². The summed E-state index contributed by atoms with van der Waals surface area (Å²) in [6.45, 7) is 0. The number of rotatable bonds is 5. The van der Waals surface area contributed by atoms with Crippen LogP contribution in [0.1, 0.15) is 21.5 Å². The molecule has 25 heavy (non-hydrogen) atoms. The molecule has 0 atom stereocenters. The molecular weight excluding hydrogens is 332 g/mol. The molecule has 3 rings (SSSR count). The summed E-state index contributed by atoms with van der Waals surface area (Å²) >= 11 is 1.62. The largest absolute Gasteiger partial charge is 0.329 e. The fourth-order valence-corrected chi connectivity index (χ4v) is 3.19. The number of carbonyl (C=O) groups excluding carboxylic acids is 1. The number of nitrogens with one attached hydrogen (secondary N) is 1. The Morgan fingerprint density at radius 3 is 2.88 bits per heavy atom. The van der Waals surface area contributed by atoms with Crippen LogP contribution in [0, 0.1) is 11.3 Å². The van der Waals surface area contributed by atoms with Crippen LogP contribution in [0.4, 0.5) is 5.69 Å². The second-order valence-electron chi connectivity index (χ2n) is 5.46. The van der Waals surface area contributed by atoms with Gasteiger partial charge in [-0.3, -0.25) is 4.79 Å². The summed E-state index contributed by atoms with van der Waals surface area (Å²) in [5.74, 6) is 0.537. The van der Waals surface area contributed by atoms with E-state index >= 15 is 0 Å². The first kappa shape index (κ1) is 16.8. The smallest absolute Gasteiger partial charge is 0.255 e. The van der Waals surface area contributed by atoms with E-state index in [1.165, 1.54) is 0 Å². The molecule has 1 amide bonds. The molecule has 0 spiro atoms. The number of anilines is 1. The summed E-state index contributed by atoms with van der Waals surface area (Å²) < 4.78 is 1.96. The number of benzene rings is 2. The van der Waals surface area contributed by atoms with Crippen molar-refractivity contribution in [2.75, 3.05) is 5.32 Å². The van der Waals surface area contributed by atoms with Crippen molar-refractivity contribution in [1.29, 1.82) is 5.26 Å². The van der Waals surface area contributed by atoms with Crippen LogP contribution in [0.15, 0.2) is 66.1 Å². The Hall–Kier alpha value is -3.04. The highest BCUT2D eigenvalue weighted by molar-refractivity contribution is 7.98. The number of thioether (sulfide) groups is 1. The number of hydrogen-bond donors (Lipinski definition) is 1. The maximum Gasteiger partial charge on any atom is 0.255 e. The van der Waals surface area contributed by atoms with Gasteiger partial charge in [-0.25, -0.2) is 4.98 Å². The highest BCUT2D eigenvalue weighted by Crippen LogP contribution is 2.21. The van der Waals surface area contributed by atoms with E-state index in [0.29, 0.717) is 16.8 Å². The Morgan fingerprint density at radius 2 is 2.12 bits per heavy atom. The minimum Gasteiger partial charge on any atom is -0.329 e. The van der Waals surface area contributed by atoms with Crippen LogP contribution in [0.5, 0.6) is 0 Å². The summed E-state index contributed by atoms with van der Waals surface area (Å²) in [6.07, 6.45) is 3.67. The second kappa shape index (κ2) is 7.69. The first-order valence-corrected chi connectivity index (χ1v) is 8.65. The molecule has 0 saturated heterocycles. The Morgan fingerprint density at radius 1 is 1.28 bits per heavy atom. The van der Waals surface area contributed by atoms with Gasteiger partial charge in [0.2, 0.25) is 0 Å². The molecule has 124 valence electrons. The first-order valence-electron chi connectivity index (χ1n) is 7.66. The summed E-state index contributed by atoms with van der Waals surface area (Å²) in [5, 5.41) is 12.7. The van der Waals surface area contributed by atoms with E-state index in [9.17, 15) is 4.79 Å². The number of carbonyl (C=O) groups is 1. The third-order valence-corrected chi connectivity index (χ3v) is 4.71. The number of hydrogen-bond acceptors (Lipinski definition) is 4. The van der Waals surface area contributed by atoms with Gasteiger partial charge in [0, 0.05) is 36.4 Å². The first-order chi connectivity index (χ1) is 12.2. The molecular formula is C19H16N4OS. The Labute approximate surface area is 150 Å². The molecule has 0 aliphatic heterocycles. The molecule has 2 aromatic carbocycles. The third-order valence-electron chi connectivity index (χ3n) is 3.58. The Balaban J connectivity index is 1.69. The maximum atomic E-state index is 12.4. The SMILES string of the molecule is Cn1ccnc1SCc1cccc(C(=O)Nc2cccc(C#N)c2)c1. The van der Waals surface area contributed by atoms with Gasteiger partial charge in [0.25, 0.3) is 5.91 Å². The van der Waals surface area contributed by atoms with E-state index in [1.54, 1.807) is 48.3 Å². The summed E-state index contributed by atoms with van der Waals surface area (Å²) in [4.78, 5) is 16.7. The predicted octanol–water partition coefficient (Wildman–Crippen LogP) is 3.84. The van der Waals surface area contributed by atoms with Crippen LogP contribution in [-0.2, 0) is 12.8 Å². The molecule has 0 unspecified atom stereocenters. The highest BCUT2D eigenvalue weighted by Gasteiger charge is 2.08. The van der Waals surface area contributed by atoms with E-state index in [4.69, 9.17) is 5.26 Å². The van der Waals surface area contributed by atoms with Crippen LogP contribution in [0.25, 0.3) is 0 Å². The zero-order valence-corrected chi connectivity index (χ0v) is 14.5. The Kier molecular flexibility index (Phi) is 5.17. The van der Waals surface area contributed by atoms with Gasteiger partial charge in [-0.15, -0.1) is 0 Å². The lowest BCUT2D eigenvalue weighted by Gasteiger charge is -2.07. The van der Waals surface area contributed by atoms with Crippen LogP contribution >= 0.6 is 11.8 Å². The molecule has 3 aromatic rings. The summed E-state index contributed by atoms with van der Waals surface area (Å²) in [6, 6.07) is 16.4. The Bertz CT molecular complexity index is 942. The number of amides is 1. The quantitative estimate of drug-likeness (QED) is 0.711. The van der Waals surface area contributed by atoms with Gasteiger partial charge in [-0.1, -0.05) is 30.0 Å². The standard InChI is InChI=1S/C19H16N4OS/c1-23-9-8-21-19(23)25-13-15-5-2-6-16(10-15)18(24)22-17-7-3-4-14(11-17)12-20/h2-11H,13H2,1H3,(H,22,24). The summed E-state index contributed by atoms with van der Waals surface area (Å²) in [5.41, 5.74) is 2.75. The zero-order valence-electron chi connectivity index (χ0n) is 13.6. The van der Waals surface area contributed by atoms with Crippen molar-refractivity contribution >= 4 is 23.4 Å². The highest BCUT2D eigenvalue weighted by atomic mass is 32.2. The number of aromatic nitrogens is 2. The van der Waals surface area contributed by atoms with E-state index in [1.807, 2.05) is 36.0 Å². The topological polar surface area (TPSA) is 70.7 Å². The lowest BCUT2D eigenvalue weighted by atomic mass is 10.1. The third kappa shape index (κ3) is 4.28. The minimum atomic E-state index is -0.195. The van der Waals surface area contributed by atoms with E-state index in [0.717, 1.165) is 16.5 Å². The van der Waals surface area contributed by atoms with Gasteiger partial charge in [-0.2, -0.15) is 5.26 Å². The van der Waals surface area contributed by atoms with Crippen LogP contribution in [0.2, 0.25) is 0 Å². The van der Waals surface area contributed by atoms with Crippen molar-refractivity contribution in [2.24, 2.45) is 7.05 Å². The van der Waals surface area contributed by atoms with Crippen LogP contribution in [0.3, 0.4) is 0 Å². The van der Waals surface area contributed by atoms with E-state index in [-0.39, 0.29) is 5.91 Å². The molecule has 0 bridgehead atoms. The lowest BCUT2D eigenvalue weighted by Crippen LogP contribution is -2.12. The van der Waals surface area contributed by atoms with Gasteiger partial charge in [-0.05, 0) is 35.9 Å². The number of nitrogens with zero attached hydrogens (tertiary/aromatic N) is 3. The normalized spacial score (nSPS) is 10.2. The van der Waals surface area contributed by atoms with Gasteiger partial charge >= 0.3 is 0 Å². The molecule has 1 aromatic heterocycles. The molecule has 0 aliphatic carbocycles. The molecule has 0 radical (unpaired) electrons. The van der Waals surface area contributed by atoms with E-state index < -0.39 is 0 Å². The lowest BCUT2D eigenvalue weighted by molar-refractivity contribution is 0.102. The fraction of sp³-hybridized carbons (Fsp3) is 0.105. The number of nitriles is 1. The number of imidazole rings is 1. The fourth-order valence-electron chi connectivity index (χ4n) is 2.31. The summed E-state index contributed by atoms with van der Waals surface area (Å²) in [7, 11) is 1.95. The second-order valence-corrected chi connectivity index (χ2v) is 6.40. The molecule has 1 N–H and O–H groups in total. The average molecular weight is 348 g/mol. The van der Waals surface area contributed by atoms with Crippen molar-refractivity contribution in [3.05, 3.63) is 77.6 Å². The molecule has 1 heterocycles. The van der Waals surface area contributed by atoms with Crippen molar-refractivity contribution in [2.45, 2.75) is 10.9 Å². The molecule has 6 heteroatoms. The molecule has 0 fully saturated rings. The van der Waals surface area contributed by atoms with Gasteiger partial charge in [0.05, 0.1) is 11.6 Å². The van der Waals surface area contributed by atoms with Gasteiger partial charge in [0.15, 0.2) is 5.16 Å². The van der Waals surface area contributed by atoms with Gasteiger partial charge in [0.1, 0.15) is 0 Å². The monoisotopic (exact) mass is 348 g/mol. The average Bonchev–Trinajstić information content (AvgIpc) is 3.05. The van der Waals surface area contributed by atoms with Crippen molar-refractivity contribution in [3.63, 3.8) is 0 Å². The molecule has 0 saturated carbocycles.